The lowest BCUT2D eigenvalue weighted by atomic mass is 9.74. The second kappa shape index (κ2) is 7.22. The SMILES string of the molecule is CNC(C)(C)C(c1ccc(OC)cc1)[C@@H](C=O)C(=O)OC. The normalized spacial score (nSPS) is 14.1. The molecule has 0 aliphatic rings. The summed E-state index contributed by atoms with van der Waals surface area (Å²) in [5.74, 6) is -1.03. The molecule has 1 N–H and O–H groups in total. The van der Waals surface area contributed by atoms with Gasteiger partial charge in [-0.1, -0.05) is 12.1 Å². The molecule has 1 aromatic rings. The molecule has 0 radical (unpaired) electrons. The van der Waals surface area contributed by atoms with Gasteiger partial charge < -0.3 is 19.6 Å². The van der Waals surface area contributed by atoms with E-state index in [1.54, 1.807) is 14.2 Å². The molecule has 0 spiro atoms. The monoisotopic (exact) mass is 293 g/mol. The minimum atomic E-state index is -0.870. The Hall–Kier alpha value is -1.88. The van der Waals surface area contributed by atoms with E-state index in [1.165, 1.54) is 7.11 Å². The van der Waals surface area contributed by atoms with Crippen molar-refractivity contribution in [3.05, 3.63) is 29.8 Å². The summed E-state index contributed by atoms with van der Waals surface area (Å²) >= 11 is 0. The first kappa shape index (κ1) is 17.2. The minimum absolute atomic E-state index is 0.349. The van der Waals surface area contributed by atoms with Gasteiger partial charge in [0, 0.05) is 11.5 Å². The number of carbonyl (C=O) groups is 2. The van der Waals surface area contributed by atoms with E-state index in [-0.39, 0.29) is 5.92 Å². The van der Waals surface area contributed by atoms with Crippen molar-refractivity contribution in [2.24, 2.45) is 5.92 Å². The third kappa shape index (κ3) is 3.82. The quantitative estimate of drug-likeness (QED) is 0.471. The maximum Gasteiger partial charge on any atom is 0.316 e. The summed E-state index contributed by atoms with van der Waals surface area (Å²) in [6, 6.07) is 7.35. The van der Waals surface area contributed by atoms with Gasteiger partial charge in [0.2, 0.25) is 0 Å². The Balaban J connectivity index is 3.29. The summed E-state index contributed by atoms with van der Waals surface area (Å²) in [6.45, 7) is 3.89. The van der Waals surface area contributed by atoms with E-state index in [2.05, 4.69) is 5.32 Å². The topological polar surface area (TPSA) is 64.6 Å². The molecular weight excluding hydrogens is 270 g/mol. The molecule has 21 heavy (non-hydrogen) atoms. The molecule has 0 bridgehead atoms. The summed E-state index contributed by atoms with van der Waals surface area (Å²) in [6.07, 6.45) is 0.653. The summed E-state index contributed by atoms with van der Waals surface area (Å²) in [5.41, 5.74) is 0.409. The number of rotatable bonds is 7. The van der Waals surface area contributed by atoms with Gasteiger partial charge in [-0.25, -0.2) is 0 Å². The van der Waals surface area contributed by atoms with Crippen LogP contribution >= 0.6 is 0 Å². The molecule has 0 amide bonds. The number of hydrogen-bond donors (Lipinski definition) is 1. The number of esters is 1. The number of aldehydes is 1. The smallest absolute Gasteiger partial charge is 0.316 e. The Bertz CT molecular complexity index is 482. The van der Waals surface area contributed by atoms with E-state index in [0.717, 1.165) is 11.3 Å². The van der Waals surface area contributed by atoms with E-state index in [4.69, 9.17) is 9.47 Å². The maximum atomic E-state index is 11.9. The highest BCUT2D eigenvalue weighted by Gasteiger charge is 2.40. The third-order valence-corrected chi connectivity index (χ3v) is 3.88. The Morgan fingerprint density at radius 2 is 1.81 bits per heavy atom. The summed E-state index contributed by atoms with van der Waals surface area (Å²) in [7, 11) is 4.68. The highest BCUT2D eigenvalue weighted by Crippen LogP contribution is 2.35. The molecule has 5 heteroatoms. The molecule has 0 aliphatic carbocycles. The van der Waals surface area contributed by atoms with Crippen LogP contribution < -0.4 is 10.1 Å². The zero-order valence-electron chi connectivity index (χ0n) is 13.2. The van der Waals surface area contributed by atoms with Crippen LogP contribution in [0.3, 0.4) is 0 Å². The highest BCUT2D eigenvalue weighted by atomic mass is 16.5. The van der Waals surface area contributed by atoms with Crippen LogP contribution in [0.4, 0.5) is 0 Å². The third-order valence-electron chi connectivity index (χ3n) is 3.88. The molecule has 116 valence electrons. The summed E-state index contributed by atoms with van der Waals surface area (Å²) in [5, 5.41) is 3.16. The van der Waals surface area contributed by atoms with E-state index in [9.17, 15) is 9.59 Å². The number of carbonyl (C=O) groups excluding carboxylic acids is 2. The molecule has 1 aromatic carbocycles. The van der Waals surface area contributed by atoms with Crippen LogP contribution in [0.2, 0.25) is 0 Å². The standard InChI is InChI=1S/C16H23NO4/c1-16(2,17-3)14(13(10-18)15(19)21-5)11-6-8-12(20-4)9-7-11/h6-10,13-14,17H,1-5H3/t13-,14?/m1/s1. The zero-order valence-corrected chi connectivity index (χ0v) is 13.2. The molecule has 0 aliphatic heterocycles. The lowest BCUT2D eigenvalue weighted by Gasteiger charge is -2.37. The van der Waals surface area contributed by atoms with Crippen molar-refractivity contribution in [2.45, 2.75) is 25.3 Å². The second-order valence-electron chi connectivity index (χ2n) is 5.41. The largest absolute Gasteiger partial charge is 0.497 e. The van der Waals surface area contributed by atoms with Gasteiger partial charge in [-0.2, -0.15) is 0 Å². The van der Waals surface area contributed by atoms with Crippen molar-refractivity contribution in [1.29, 1.82) is 0 Å². The summed E-state index contributed by atoms with van der Waals surface area (Å²) in [4.78, 5) is 23.4. The van der Waals surface area contributed by atoms with Gasteiger partial charge in [0.05, 0.1) is 14.2 Å². The molecule has 0 heterocycles. The van der Waals surface area contributed by atoms with Crippen molar-refractivity contribution in [3.63, 3.8) is 0 Å². The summed E-state index contributed by atoms with van der Waals surface area (Å²) < 4.78 is 9.91. The molecule has 2 atom stereocenters. The van der Waals surface area contributed by atoms with Crippen molar-refractivity contribution in [3.8, 4) is 5.75 Å². The molecule has 5 nitrogen and oxygen atoms in total. The number of benzene rings is 1. The fourth-order valence-electron chi connectivity index (χ4n) is 2.45. The van der Waals surface area contributed by atoms with Crippen molar-refractivity contribution < 1.29 is 19.1 Å². The van der Waals surface area contributed by atoms with Crippen molar-refractivity contribution in [2.75, 3.05) is 21.3 Å². The average molecular weight is 293 g/mol. The van der Waals surface area contributed by atoms with Gasteiger partial charge in [0.15, 0.2) is 0 Å². The van der Waals surface area contributed by atoms with Crippen molar-refractivity contribution in [1.82, 2.24) is 5.32 Å². The predicted octanol–water partition coefficient (Wildman–Crippen LogP) is 1.76. The van der Waals surface area contributed by atoms with E-state index >= 15 is 0 Å². The van der Waals surface area contributed by atoms with Crippen LogP contribution in [0.1, 0.15) is 25.3 Å². The Kier molecular flexibility index (Phi) is 5.90. The van der Waals surface area contributed by atoms with E-state index in [1.807, 2.05) is 38.1 Å². The van der Waals surface area contributed by atoms with Gasteiger partial charge in [-0.15, -0.1) is 0 Å². The lowest BCUT2D eigenvalue weighted by molar-refractivity contribution is -0.148. The Morgan fingerprint density at radius 3 is 2.19 bits per heavy atom. The number of nitrogens with one attached hydrogen (secondary N) is 1. The van der Waals surface area contributed by atoms with Crippen LogP contribution in [0.25, 0.3) is 0 Å². The first-order chi connectivity index (χ1) is 9.91. The van der Waals surface area contributed by atoms with E-state index in [0.29, 0.717) is 6.29 Å². The fraction of sp³-hybridized carbons (Fsp3) is 0.500. The highest BCUT2D eigenvalue weighted by molar-refractivity contribution is 5.89. The molecule has 0 saturated heterocycles. The van der Waals surface area contributed by atoms with Gasteiger partial charge >= 0.3 is 5.97 Å². The van der Waals surface area contributed by atoms with E-state index < -0.39 is 17.4 Å². The number of methoxy groups -OCH3 is 2. The minimum Gasteiger partial charge on any atom is -0.497 e. The van der Waals surface area contributed by atoms with Gasteiger partial charge in [-0.05, 0) is 38.6 Å². The van der Waals surface area contributed by atoms with Gasteiger partial charge in [-0.3, -0.25) is 4.79 Å². The van der Waals surface area contributed by atoms with Crippen molar-refractivity contribution >= 4 is 12.3 Å². The van der Waals surface area contributed by atoms with Crippen LogP contribution in [0, 0.1) is 5.92 Å². The Labute approximate surface area is 125 Å². The number of hydrogen-bond acceptors (Lipinski definition) is 5. The molecule has 0 fully saturated rings. The molecule has 0 aromatic heterocycles. The zero-order chi connectivity index (χ0) is 16.0. The molecule has 1 rings (SSSR count). The number of ether oxygens (including phenoxy) is 2. The molecular formula is C16H23NO4. The van der Waals surface area contributed by atoms with Crippen LogP contribution in [0.5, 0.6) is 5.75 Å². The first-order valence-corrected chi connectivity index (χ1v) is 6.77. The molecule has 1 unspecified atom stereocenters. The average Bonchev–Trinajstić information content (AvgIpc) is 2.51. The predicted molar refractivity (Wildman–Crippen MR) is 80.4 cm³/mol. The van der Waals surface area contributed by atoms with Crippen LogP contribution in [0.15, 0.2) is 24.3 Å². The van der Waals surface area contributed by atoms with Crippen LogP contribution in [-0.4, -0.2) is 39.1 Å². The first-order valence-electron chi connectivity index (χ1n) is 6.77. The second-order valence-corrected chi connectivity index (χ2v) is 5.41. The fourth-order valence-corrected chi connectivity index (χ4v) is 2.45. The van der Waals surface area contributed by atoms with Gasteiger partial charge in [0.25, 0.3) is 0 Å². The lowest BCUT2D eigenvalue weighted by Crippen LogP contribution is -2.47. The van der Waals surface area contributed by atoms with Gasteiger partial charge in [0.1, 0.15) is 18.0 Å². The van der Waals surface area contributed by atoms with Crippen LogP contribution in [-0.2, 0) is 14.3 Å². The molecule has 0 saturated carbocycles. The number of likely N-dealkylation sites (N-methyl/N-ethyl adjacent to an activating group) is 1. The Morgan fingerprint density at radius 1 is 1.24 bits per heavy atom. The maximum absolute atomic E-state index is 11.9.